The van der Waals surface area contributed by atoms with Crippen LogP contribution in [0.4, 0.5) is 5.13 Å². The van der Waals surface area contributed by atoms with E-state index in [1.165, 1.54) is 11.3 Å². The molecule has 0 bridgehead atoms. The first-order valence-corrected chi connectivity index (χ1v) is 10.5. The number of halogens is 2. The Kier molecular flexibility index (Phi) is 7.08. The second-order valence-corrected chi connectivity index (χ2v) is 8.46. The molecule has 3 aromatic rings. The smallest absolute Gasteiger partial charge is 0.252 e. The molecule has 146 valence electrons. The number of carbonyl (C=O) groups excluding carboxylic acids is 1. The minimum Gasteiger partial charge on any atom is -0.309 e. The molecule has 1 heterocycles. The fraction of sp³-hybridized carbons (Fsp3) is 0.238. The Labute approximate surface area is 179 Å². The van der Waals surface area contributed by atoms with Crippen molar-refractivity contribution in [2.75, 3.05) is 32.1 Å². The van der Waals surface area contributed by atoms with E-state index in [1.54, 1.807) is 23.1 Å². The van der Waals surface area contributed by atoms with Crippen LogP contribution < -0.4 is 4.90 Å². The maximum absolute atomic E-state index is 13.0. The van der Waals surface area contributed by atoms with E-state index in [2.05, 4.69) is 9.88 Å². The van der Waals surface area contributed by atoms with Gasteiger partial charge in [-0.05, 0) is 63.0 Å². The molecule has 0 fully saturated rings. The molecule has 0 aliphatic rings. The lowest BCUT2D eigenvalue weighted by molar-refractivity contribution is -0.114. The summed E-state index contributed by atoms with van der Waals surface area (Å²) in [6.45, 7) is 1.46. The van der Waals surface area contributed by atoms with Crippen molar-refractivity contribution in [2.45, 2.75) is 6.42 Å². The summed E-state index contributed by atoms with van der Waals surface area (Å²) in [7, 11) is 4.03. The first-order chi connectivity index (χ1) is 13.4. The van der Waals surface area contributed by atoms with Crippen molar-refractivity contribution >= 4 is 61.9 Å². The molecule has 0 atom stereocenters. The van der Waals surface area contributed by atoms with Crippen LogP contribution >= 0.6 is 34.5 Å². The number of thiazole rings is 1. The van der Waals surface area contributed by atoms with Crippen molar-refractivity contribution < 1.29 is 4.79 Å². The van der Waals surface area contributed by atoms with Gasteiger partial charge in [-0.1, -0.05) is 52.7 Å². The van der Waals surface area contributed by atoms with Gasteiger partial charge in [0, 0.05) is 22.7 Å². The fourth-order valence-electron chi connectivity index (χ4n) is 2.71. The van der Waals surface area contributed by atoms with Crippen molar-refractivity contribution in [3.63, 3.8) is 0 Å². The van der Waals surface area contributed by atoms with Crippen LogP contribution in [0.15, 0.2) is 48.5 Å². The Bertz CT molecular complexity index is 1000. The number of carbonyl (C=O) groups is 1. The zero-order valence-electron chi connectivity index (χ0n) is 15.7. The molecule has 2 aromatic carbocycles. The standard InChI is InChI=1S/C21H21Cl2N3OS/c1-25(2)12-5-13-26(20(27)11-8-15-6-3-4-7-17(15)23)21-24-18-10-9-16(22)14-19(18)28-21/h3-4,6-11,14H,5,12-13H2,1-2H3. The molecular weight excluding hydrogens is 413 g/mol. The summed E-state index contributed by atoms with van der Waals surface area (Å²) in [6.07, 6.45) is 4.14. The van der Waals surface area contributed by atoms with Crippen molar-refractivity contribution in [1.29, 1.82) is 0 Å². The molecule has 0 spiro atoms. The molecule has 0 saturated heterocycles. The molecule has 0 radical (unpaired) electrons. The van der Waals surface area contributed by atoms with E-state index in [9.17, 15) is 4.79 Å². The van der Waals surface area contributed by atoms with E-state index in [0.717, 1.165) is 28.7 Å². The third-order valence-electron chi connectivity index (χ3n) is 4.13. The van der Waals surface area contributed by atoms with Gasteiger partial charge < -0.3 is 4.90 Å². The van der Waals surface area contributed by atoms with Gasteiger partial charge in [-0.2, -0.15) is 0 Å². The third kappa shape index (κ3) is 5.32. The number of hydrogen-bond acceptors (Lipinski definition) is 4. The molecule has 4 nitrogen and oxygen atoms in total. The van der Waals surface area contributed by atoms with Crippen LogP contribution in [0.1, 0.15) is 12.0 Å². The van der Waals surface area contributed by atoms with Crippen molar-refractivity contribution in [1.82, 2.24) is 9.88 Å². The Morgan fingerprint density at radius 3 is 2.68 bits per heavy atom. The van der Waals surface area contributed by atoms with Crippen LogP contribution in [0.25, 0.3) is 16.3 Å². The van der Waals surface area contributed by atoms with Gasteiger partial charge in [-0.3, -0.25) is 9.69 Å². The van der Waals surface area contributed by atoms with Gasteiger partial charge in [0.1, 0.15) is 0 Å². The number of anilines is 1. The maximum Gasteiger partial charge on any atom is 0.252 e. The van der Waals surface area contributed by atoms with Crippen LogP contribution in [-0.2, 0) is 4.79 Å². The van der Waals surface area contributed by atoms with E-state index in [4.69, 9.17) is 23.2 Å². The summed E-state index contributed by atoms with van der Waals surface area (Å²) in [4.78, 5) is 21.4. The van der Waals surface area contributed by atoms with E-state index in [1.807, 2.05) is 50.5 Å². The van der Waals surface area contributed by atoms with Gasteiger partial charge >= 0.3 is 0 Å². The molecular formula is C21H21Cl2N3OS. The predicted octanol–water partition coefficient (Wildman–Crippen LogP) is 5.60. The zero-order chi connectivity index (χ0) is 20.1. The van der Waals surface area contributed by atoms with Crippen LogP contribution in [0.2, 0.25) is 10.0 Å². The maximum atomic E-state index is 13.0. The minimum absolute atomic E-state index is 0.121. The number of nitrogens with zero attached hydrogens (tertiary/aromatic N) is 3. The normalized spacial score (nSPS) is 11.6. The number of rotatable bonds is 7. The Hall–Kier alpha value is -1.92. The largest absolute Gasteiger partial charge is 0.309 e. The molecule has 0 unspecified atom stereocenters. The Balaban J connectivity index is 1.86. The number of hydrogen-bond donors (Lipinski definition) is 0. The van der Waals surface area contributed by atoms with E-state index in [0.29, 0.717) is 21.7 Å². The highest BCUT2D eigenvalue weighted by atomic mass is 35.5. The Morgan fingerprint density at radius 1 is 1.14 bits per heavy atom. The fourth-order valence-corrected chi connectivity index (χ4v) is 4.18. The summed E-state index contributed by atoms with van der Waals surface area (Å²) in [5.41, 5.74) is 1.65. The number of fused-ring (bicyclic) bond motifs is 1. The summed E-state index contributed by atoms with van der Waals surface area (Å²) in [5.74, 6) is -0.121. The van der Waals surface area contributed by atoms with Crippen LogP contribution in [0.5, 0.6) is 0 Å². The highest BCUT2D eigenvalue weighted by molar-refractivity contribution is 7.22. The summed E-state index contributed by atoms with van der Waals surface area (Å²) in [6, 6.07) is 13.0. The third-order valence-corrected chi connectivity index (χ3v) is 5.75. The van der Waals surface area contributed by atoms with E-state index >= 15 is 0 Å². The minimum atomic E-state index is -0.121. The quantitative estimate of drug-likeness (QED) is 0.454. The van der Waals surface area contributed by atoms with Crippen LogP contribution in [0, 0.1) is 0 Å². The van der Waals surface area contributed by atoms with E-state index in [-0.39, 0.29) is 5.91 Å². The van der Waals surface area contributed by atoms with Crippen molar-refractivity contribution in [3.8, 4) is 0 Å². The van der Waals surface area contributed by atoms with Gasteiger partial charge in [0.05, 0.1) is 10.2 Å². The molecule has 0 saturated carbocycles. The molecule has 28 heavy (non-hydrogen) atoms. The molecule has 1 amide bonds. The lowest BCUT2D eigenvalue weighted by Crippen LogP contribution is -2.32. The second kappa shape index (κ2) is 9.52. The average molecular weight is 434 g/mol. The first-order valence-electron chi connectivity index (χ1n) is 8.89. The number of aromatic nitrogens is 1. The van der Waals surface area contributed by atoms with Gasteiger partial charge in [-0.25, -0.2) is 4.98 Å². The molecule has 7 heteroatoms. The first kappa shape index (κ1) is 20.8. The molecule has 1 aromatic heterocycles. The highest BCUT2D eigenvalue weighted by Gasteiger charge is 2.18. The lowest BCUT2D eigenvalue weighted by Gasteiger charge is -2.19. The van der Waals surface area contributed by atoms with Crippen LogP contribution in [0.3, 0.4) is 0 Å². The lowest BCUT2D eigenvalue weighted by atomic mass is 10.2. The van der Waals surface area contributed by atoms with Crippen molar-refractivity contribution in [3.05, 3.63) is 64.1 Å². The predicted molar refractivity (Wildman–Crippen MR) is 121 cm³/mol. The van der Waals surface area contributed by atoms with Gasteiger partial charge in [0.25, 0.3) is 5.91 Å². The van der Waals surface area contributed by atoms with Gasteiger partial charge in [0.2, 0.25) is 0 Å². The molecule has 0 aliphatic heterocycles. The number of amides is 1. The highest BCUT2D eigenvalue weighted by Crippen LogP contribution is 2.31. The van der Waals surface area contributed by atoms with Gasteiger partial charge in [0.15, 0.2) is 5.13 Å². The Morgan fingerprint density at radius 2 is 1.93 bits per heavy atom. The SMILES string of the molecule is CN(C)CCCN(C(=O)C=Cc1ccccc1Cl)c1nc2ccc(Cl)cc2s1. The summed E-state index contributed by atoms with van der Waals surface area (Å²) >= 11 is 13.7. The topological polar surface area (TPSA) is 36.4 Å². The van der Waals surface area contributed by atoms with Gasteiger partial charge in [-0.15, -0.1) is 0 Å². The number of benzene rings is 2. The summed E-state index contributed by atoms with van der Waals surface area (Å²) < 4.78 is 0.961. The molecule has 0 aliphatic carbocycles. The molecule has 3 rings (SSSR count). The zero-order valence-corrected chi connectivity index (χ0v) is 18.1. The average Bonchev–Trinajstić information content (AvgIpc) is 3.06. The summed E-state index contributed by atoms with van der Waals surface area (Å²) in [5, 5.41) is 1.94. The van der Waals surface area contributed by atoms with Crippen molar-refractivity contribution in [2.24, 2.45) is 0 Å². The van der Waals surface area contributed by atoms with Crippen LogP contribution in [-0.4, -0.2) is 43.0 Å². The molecule has 0 N–H and O–H groups in total. The second-order valence-electron chi connectivity index (χ2n) is 6.61. The monoisotopic (exact) mass is 433 g/mol. The van der Waals surface area contributed by atoms with E-state index < -0.39 is 0 Å².